The number of phenolic OH excluding ortho intramolecular Hbond substituents is 2. The number of aryl methyl sites for hydroxylation is 1. The minimum atomic E-state index is -0.0758. The van der Waals surface area contributed by atoms with Gasteiger partial charge in [0, 0.05) is 11.5 Å². The summed E-state index contributed by atoms with van der Waals surface area (Å²) in [5.41, 5.74) is 3.45. The standard InChI is InChI=1S/C19H14N2O3/c1-11-18(16-9-6-12-4-2-3-5-15(12)20-16)19(24-21-11)14-8-7-13(22)10-17(14)23/h2-10,22-23H,1H3. The Hall–Kier alpha value is -3.34. The highest BCUT2D eigenvalue weighted by atomic mass is 16.5. The molecule has 0 aliphatic heterocycles. The van der Waals surface area contributed by atoms with Gasteiger partial charge in [0.25, 0.3) is 0 Å². The highest BCUT2D eigenvalue weighted by Gasteiger charge is 2.20. The molecule has 2 aromatic heterocycles. The van der Waals surface area contributed by atoms with E-state index in [1.54, 1.807) is 6.07 Å². The van der Waals surface area contributed by atoms with Crippen molar-refractivity contribution in [1.82, 2.24) is 10.1 Å². The Morgan fingerprint density at radius 3 is 2.62 bits per heavy atom. The number of fused-ring (bicyclic) bond motifs is 1. The predicted molar refractivity (Wildman–Crippen MR) is 90.7 cm³/mol. The van der Waals surface area contributed by atoms with Gasteiger partial charge in [0.15, 0.2) is 5.76 Å². The molecule has 24 heavy (non-hydrogen) atoms. The lowest BCUT2D eigenvalue weighted by Gasteiger charge is -2.06. The molecule has 5 heteroatoms. The van der Waals surface area contributed by atoms with Gasteiger partial charge in [0.2, 0.25) is 0 Å². The first-order valence-electron chi connectivity index (χ1n) is 7.48. The Labute approximate surface area is 137 Å². The Morgan fingerprint density at radius 2 is 1.79 bits per heavy atom. The molecule has 0 spiro atoms. The second kappa shape index (κ2) is 5.38. The number of rotatable bonds is 2. The molecule has 0 atom stereocenters. The molecule has 0 bridgehead atoms. The lowest BCUT2D eigenvalue weighted by Crippen LogP contribution is -1.88. The quantitative estimate of drug-likeness (QED) is 0.577. The summed E-state index contributed by atoms with van der Waals surface area (Å²) in [5, 5.41) is 24.7. The lowest BCUT2D eigenvalue weighted by atomic mass is 10.0. The van der Waals surface area contributed by atoms with Gasteiger partial charge in [0.1, 0.15) is 11.5 Å². The minimum Gasteiger partial charge on any atom is -0.508 e. The summed E-state index contributed by atoms with van der Waals surface area (Å²) in [4.78, 5) is 4.68. The maximum absolute atomic E-state index is 10.1. The second-order valence-corrected chi connectivity index (χ2v) is 5.56. The number of aromatic nitrogens is 2. The highest BCUT2D eigenvalue weighted by Crippen LogP contribution is 2.39. The third kappa shape index (κ3) is 2.27. The van der Waals surface area contributed by atoms with Crippen LogP contribution in [0.1, 0.15) is 5.69 Å². The molecule has 2 heterocycles. The van der Waals surface area contributed by atoms with E-state index in [-0.39, 0.29) is 11.5 Å². The fourth-order valence-electron chi connectivity index (χ4n) is 2.77. The molecule has 2 aromatic carbocycles. The number of phenols is 2. The van der Waals surface area contributed by atoms with Gasteiger partial charge in [-0.15, -0.1) is 0 Å². The van der Waals surface area contributed by atoms with Crippen molar-refractivity contribution >= 4 is 10.9 Å². The van der Waals surface area contributed by atoms with Crippen molar-refractivity contribution in [3.8, 4) is 34.1 Å². The van der Waals surface area contributed by atoms with Crippen molar-refractivity contribution in [2.24, 2.45) is 0 Å². The Morgan fingerprint density at radius 1 is 0.958 bits per heavy atom. The van der Waals surface area contributed by atoms with E-state index in [0.29, 0.717) is 17.0 Å². The highest BCUT2D eigenvalue weighted by molar-refractivity contribution is 5.86. The van der Waals surface area contributed by atoms with Crippen LogP contribution in [0.15, 0.2) is 59.1 Å². The van der Waals surface area contributed by atoms with Crippen molar-refractivity contribution in [3.63, 3.8) is 0 Å². The van der Waals surface area contributed by atoms with Crippen molar-refractivity contribution in [3.05, 3.63) is 60.3 Å². The Bertz CT molecular complexity index is 1050. The molecule has 5 nitrogen and oxygen atoms in total. The molecule has 0 aliphatic rings. The summed E-state index contributed by atoms with van der Waals surface area (Å²) >= 11 is 0. The number of benzene rings is 2. The SMILES string of the molecule is Cc1noc(-c2ccc(O)cc2O)c1-c1ccc2ccccc2n1. The molecule has 0 saturated carbocycles. The first-order valence-corrected chi connectivity index (χ1v) is 7.48. The van der Waals surface area contributed by atoms with E-state index in [1.165, 1.54) is 12.1 Å². The number of aromatic hydroxyl groups is 2. The van der Waals surface area contributed by atoms with Gasteiger partial charge < -0.3 is 14.7 Å². The summed E-state index contributed by atoms with van der Waals surface area (Å²) < 4.78 is 5.44. The molecule has 0 unspecified atom stereocenters. The van der Waals surface area contributed by atoms with E-state index in [1.807, 2.05) is 43.3 Å². The maximum atomic E-state index is 10.1. The summed E-state index contributed by atoms with van der Waals surface area (Å²) in [5.74, 6) is 0.332. The van der Waals surface area contributed by atoms with Gasteiger partial charge >= 0.3 is 0 Å². The van der Waals surface area contributed by atoms with Crippen LogP contribution in [0.3, 0.4) is 0 Å². The van der Waals surface area contributed by atoms with Gasteiger partial charge in [-0.25, -0.2) is 4.98 Å². The first kappa shape index (κ1) is 14.3. The van der Waals surface area contributed by atoms with Crippen LogP contribution in [0.5, 0.6) is 11.5 Å². The van der Waals surface area contributed by atoms with Crippen molar-refractivity contribution in [2.45, 2.75) is 6.92 Å². The average Bonchev–Trinajstić information content (AvgIpc) is 2.96. The average molecular weight is 318 g/mol. The molecule has 4 rings (SSSR count). The summed E-state index contributed by atoms with van der Waals surface area (Å²) in [7, 11) is 0. The minimum absolute atomic E-state index is 0.0159. The molecule has 0 aliphatic carbocycles. The summed E-state index contributed by atoms with van der Waals surface area (Å²) in [6.45, 7) is 1.83. The zero-order valence-corrected chi connectivity index (χ0v) is 12.9. The molecule has 0 amide bonds. The van der Waals surface area contributed by atoms with Crippen LogP contribution in [0.2, 0.25) is 0 Å². The van der Waals surface area contributed by atoms with Gasteiger partial charge in [-0.2, -0.15) is 0 Å². The topological polar surface area (TPSA) is 79.4 Å². The first-order chi connectivity index (χ1) is 11.6. The van der Waals surface area contributed by atoms with Gasteiger partial charge in [-0.1, -0.05) is 29.4 Å². The summed E-state index contributed by atoms with van der Waals surface area (Å²) in [6, 6.07) is 16.1. The summed E-state index contributed by atoms with van der Waals surface area (Å²) in [6.07, 6.45) is 0. The lowest BCUT2D eigenvalue weighted by molar-refractivity contribution is 0.420. The normalized spacial score (nSPS) is 11.0. The zero-order chi connectivity index (χ0) is 16.7. The van der Waals surface area contributed by atoms with E-state index >= 15 is 0 Å². The number of hydrogen-bond donors (Lipinski definition) is 2. The molecule has 0 fully saturated rings. The molecular formula is C19H14N2O3. The van der Waals surface area contributed by atoms with E-state index in [2.05, 4.69) is 10.1 Å². The Balaban J connectivity index is 1.93. The number of hydrogen-bond acceptors (Lipinski definition) is 5. The van der Waals surface area contributed by atoms with Gasteiger partial charge in [0.05, 0.1) is 28.0 Å². The zero-order valence-electron chi connectivity index (χ0n) is 12.9. The van der Waals surface area contributed by atoms with Crippen LogP contribution >= 0.6 is 0 Å². The second-order valence-electron chi connectivity index (χ2n) is 5.56. The molecular weight excluding hydrogens is 304 g/mol. The smallest absolute Gasteiger partial charge is 0.180 e. The Kier molecular flexibility index (Phi) is 3.20. The molecule has 0 saturated heterocycles. The maximum Gasteiger partial charge on any atom is 0.180 e. The van der Waals surface area contributed by atoms with E-state index < -0.39 is 0 Å². The fraction of sp³-hybridized carbons (Fsp3) is 0.0526. The van der Waals surface area contributed by atoms with Crippen LogP contribution in [0.25, 0.3) is 33.5 Å². The molecule has 0 radical (unpaired) electrons. The van der Waals surface area contributed by atoms with Crippen molar-refractivity contribution in [2.75, 3.05) is 0 Å². The van der Waals surface area contributed by atoms with Crippen molar-refractivity contribution in [1.29, 1.82) is 0 Å². The van der Waals surface area contributed by atoms with E-state index in [0.717, 1.165) is 22.2 Å². The van der Waals surface area contributed by atoms with Gasteiger partial charge in [-0.05, 0) is 31.2 Å². The molecule has 2 N–H and O–H groups in total. The third-order valence-electron chi connectivity index (χ3n) is 3.94. The number of pyridine rings is 1. The van der Waals surface area contributed by atoms with E-state index in [9.17, 15) is 10.2 Å². The van der Waals surface area contributed by atoms with Crippen LogP contribution in [-0.2, 0) is 0 Å². The van der Waals surface area contributed by atoms with Crippen LogP contribution < -0.4 is 0 Å². The monoisotopic (exact) mass is 318 g/mol. The molecule has 118 valence electrons. The van der Waals surface area contributed by atoms with Gasteiger partial charge in [-0.3, -0.25) is 0 Å². The largest absolute Gasteiger partial charge is 0.508 e. The number of nitrogens with zero attached hydrogens (tertiary/aromatic N) is 2. The van der Waals surface area contributed by atoms with Crippen LogP contribution in [-0.4, -0.2) is 20.4 Å². The number of para-hydroxylation sites is 1. The van der Waals surface area contributed by atoms with Crippen LogP contribution in [0, 0.1) is 6.92 Å². The van der Waals surface area contributed by atoms with Crippen molar-refractivity contribution < 1.29 is 14.7 Å². The third-order valence-corrected chi connectivity index (χ3v) is 3.94. The van der Waals surface area contributed by atoms with Crippen LogP contribution in [0.4, 0.5) is 0 Å². The predicted octanol–water partition coefficient (Wildman–Crippen LogP) is 4.28. The molecule has 4 aromatic rings. The van der Waals surface area contributed by atoms with E-state index in [4.69, 9.17) is 4.52 Å². The fourth-order valence-corrected chi connectivity index (χ4v) is 2.77.